The highest BCUT2D eigenvalue weighted by Gasteiger charge is 2.32. The smallest absolute Gasteiger partial charge is 0.284 e. The third kappa shape index (κ3) is 5.32. The largest absolute Gasteiger partial charge is 0.397 e. The molecule has 2 aliphatic carbocycles. The Morgan fingerprint density at radius 3 is 2.36 bits per heavy atom. The number of nitrogens with one attached hydrogen (secondary N) is 2. The lowest BCUT2D eigenvalue weighted by atomic mass is 9.88. The highest BCUT2D eigenvalue weighted by atomic mass is 19.2. The Balaban J connectivity index is 1.23. The third-order valence-corrected chi connectivity index (χ3v) is 10.1. The van der Waals surface area contributed by atoms with Crippen molar-refractivity contribution in [3.8, 4) is 28.3 Å². The molecule has 0 atom stereocenters. The Morgan fingerprint density at radius 1 is 0.887 bits per heavy atom. The Hall–Kier alpha value is -6.73. The number of H-pyrrole nitrogens is 1. The molecule has 8 rings (SSSR count). The number of rotatable bonds is 6. The highest BCUT2D eigenvalue weighted by Crippen LogP contribution is 2.49. The van der Waals surface area contributed by atoms with Crippen LogP contribution in [0, 0.1) is 40.0 Å². The van der Waals surface area contributed by atoms with Gasteiger partial charge in [0.1, 0.15) is 11.6 Å². The van der Waals surface area contributed by atoms with E-state index in [4.69, 9.17) is 21.4 Å². The number of halogens is 4. The quantitative estimate of drug-likeness (QED) is 0.102. The van der Waals surface area contributed by atoms with Crippen LogP contribution in [0.5, 0.6) is 0 Å². The van der Waals surface area contributed by atoms with Crippen LogP contribution >= 0.6 is 0 Å². The predicted octanol–water partition coefficient (Wildman–Crippen LogP) is 9.24. The molecule has 0 amide bonds. The number of aryl methyl sites for hydroxylation is 1. The fourth-order valence-corrected chi connectivity index (χ4v) is 7.49. The van der Waals surface area contributed by atoms with Crippen molar-refractivity contribution in [1.82, 2.24) is 9.97 Å². The molecule has 0 radical (unpaired) electrons. The van der Waals surface area contributed by atoms with Gasteiger partial charge in [-0.15, -0.1) is 0 Å². The fourth-order valence-electron chi connectivity index (χ4n) is 7.49. The van der Waals surface area contributed by atoms with E-state index in [1.807, 2.05) is 67.8 Å². The Bertz CT molecular complexity index is 2670. The molecule has 2 heterocycles. The van der Waals surface area contributed by atoms with Gasteiger partial charge >= 0.3 is 0 Å². The van der Waals surface area contributed by atoms with E-state index in [2.05, 4.69) is 22.1 Å². The van der Waals surface area contributed by atoms with Gasteiger partial charge in [0.2, 0.25) is 0 Å². The molecule has 0 fully saturated rings. The summed E-state index contributed by atoms with van der Waals surface area (Å²) < 4.78 is 60.7. The molecule has 0 unspecified atom stereocenters. The SMILES string of the molecule is CC/C(=C\C1=C(N)c2ncc(-c3cccc4nc[nH+]cc34)cc2CC1)c1ccc2c(c1)/C(=C(\C=N)c1c(F)c(F)c(C#N)c(F)c1F)c1ccccc1-2. The molecule has 2 aromatic heterocycles. The monoisotopic (exact) mass is 705 g/mol. The van der Waals surface area contributed by atoms with Gasteiger partial charge in [0.25, 0.3) is 6.33 Å². The van der Waals surface area contributed by atoms with Crippen LogP contribution in [0.4, 0.5) is 17.6 Å². The maximum Gasteiger partial charge on any atom is 0.284 e. The first-order valence-electron chi connectivity index (χ1n) is 16.9. The van der Waals surface area contributed by atoms with Crippen LogP contribution in [0.3, 0.4) is 0 Å². The molecule has 2 aliphatic rings. The molecule has 4 N–H and O–H groups in total. The van der Waals surface area contributed by atoms with Crippen LogP contribution in [0.15, 0.2) is 97.1 Å². The molecule has 0 aliphatic heterocycles. The maximum absolute atomic E-state index is 15.5. The summed E-state index contributed by atoms with van der Waals surface area (Å²) in [5, 5.41) is 18.4. The van der Waals surface area contributed by atoms with E-state index in [1.165, 1.54) is 6.07 Å². The van der Waals surface area contributed by atoms with Crippen molar-refractivity contribution in [2.24, 2.45) is 5.73 Å². The van der Waals surface area contributed by atoms with Gasteiger partial charge in [0, 0.05) is 23.5 Å². The lowest BCUT2D eigenvalue weighted by Gasteiger charge is -2.20. The van der Waals surface area contributed by atoms with Crippen molar-refractivity contribution in [2.75, 3.05) is 0 Å². The number of hydrogen-bond donors (Lipinski definition) is 2. The molecule has 6 nitrogen and oxygen atoms in total. The Morgan fingerprint density at radius 2 is 1.62 bits per heavy atom. The lowest BCUT2D eigenvalue weighted by Crippen LogP contribution is -2.12. The van der Waals surface area contributed by atoms with E-state index in [9.17, 15) is 8.78 Å². The second-order valence-corrected chi connectivity index (χ2v) is 12.9. The summed E-state index contributed by atoms with van der Waals surface area (Å²) in [4.78, 5) is 12.3. The van der Waals surface area contributed by atoms with Gasteiger partial charge in [0.15, 0.2) is 28.8 Å². The first kappa shape index (κ1) is 33.4. The van der Waals surface area contributed by atoms with Crippen molar-refractivity contribution in [3.05, 3.63) is 159 Å². The van der Waals surface area contributed by atoms with Crippen molar-refractivity contribution >= 4 is 39.5 Å². The lowest BCUT2D eigenvalue weighted by molar-refractivity contribution is -0.380. The molecule has 4 aromatic carbocycles. The van der Waals surface area contributed by atoms with Crippen LogP contribution < -0.4 is 10.7 Å². The number of aromatic amines is 1. The normalized spacial score (nSPS) is 14.5. The molecular weight excluding hydrogens is 677 g/mol. The molecule has 0 bridgehead atoms. The van der Waals surface area contributed by atoms with Crippen molar-refractivity contribution in [2.45, 2.75) is 26.2 Å². The van der Waals surface area contributed by atoms with Gasteiger partial charge < -0.3 is 11.1 Å². The molecule has 10 heteroatoms. The van der Waals surface area contributed by atoms with Crippen molar-refractivity contribution < 1.29 is 22.5 Å². The standard InChI is InChI=1S/C43H28F4N6/c1-2-22(14-24-10-11-25-15-26(19-52-43(25)42(24)50)27-8-5-9-35-34(27)20-51-21-53-35)23-12-13-29-28-6-3-4-7-30(28)36(31(29)16-23)32(17-48)37-40(46)38(44)33(18-49)39(45)41(37)47/h3-9,12-17,19-21,48H,2,10-11,50H2,1H3/p+1/b22-14+,36-32+,48-17?. The molecule has 0 saturated carbocycles. The van der Waals surface area contributed by atoms with Gasteiger partial charge in [-0.3, -0.25) is 4.98 Å². The Labute approximate surface area is 301 Å². The van der Waals surface area contributed by atoms with E-state index in [0.717, 1.165) is 67.5 Å². The van der Waals surface area contributed by atoms with E-state index in [0.29, 0.717) is 35.9 Å². The zero-order valence-corrected chi connectivity index (χ0v) is 28.3. The highest BCUT2D eigenvalue weighted by molar-refractivity contribution is 6.25. The van der Waals surface area contributed by atoms with Gasteiger partial charge in [0.05, 0.1) is 28.5 Å². The van der Waals surface area contributed by atoms with Gasteiger partial charge in [-0.05, 0) is 98.1 Å². The second-order valence-electron chi connectivity index (χ2n) is 12.9. The van der Waals surface area contributed by atoms with Crippen LogP contribution in [0.1, 0.15) is 58.8 Å². The second kappa shape index (κ2) is 13.1. The van der Waals surface area contributed by atoms with Crippen molar-refractivity contribution in [1.29, 1.82) is 10.7 Å². The van der Waals surface area contributed by atoms with Gasteiger partial charge in [-0.1, -0.05) is 61.5 Å². The molecule has 6 aromatic rings. The van der Waals surface area contributed by atoms with Crippen LogP contribution in [-0.2, 0) is 6.42 Å². The minimum Gasteiger partial charge on any atom is -0.397 e. The number of aromatic nitrogens is 3. The average molecular weight is 706 g/mol. The number of nitrogens with two attached hydrogens (primary N) is 1. The first-order chi connectivity index (χ1) is 25.7. The predicted molar refractivity (Wildman–Crippen MR) is 197 cm³/mol. The summed E-state index contributed by atoms with van der Waals surface area (Å²) in [6, 6.07) is 22.1. The molecule has 258 valence electrons. The summed E-state index contributed by atoms with van der Waals surface area (Å²) in [5.74, 6) is -7.10. The molecular formula is C43H29F4N6+. The van der Waals surface area contributed by atoms with Crippen LogP contribution in [0.25, 0.3) is 55.6 Å². The number of nitrogens with zero attached hydrogens (tertiary/aromatic N) is 3. The topological polar surface area (TPSA) is 114 Å². The van der Waals surface area contributed by atoms with Crippen LogP contribution in [0.2, 0.25) is 0 Å². The van der Waals surface area contributed by atoms with E-state index in [1.54, 1.807) is 18.5 Å². The number of nitriles is 1. The fraction of sp³-hybridized carbons (Fsp3) is 0.0930. The number of pyridine rings is 1. The number of allylic oxidation sites excluding steroid dienone is 4. The molecule has 0 spiro atoms. The maximum atomic E-state index is 15.5. The minimum absolute atomic E-state index is 0.245. The zero-order chi connectivity index (χ0) is 37.0. The third-order valence-electron chi connectivity index (χ3n) is 10.1. The summed E-state index contributed by atoms with van der Waals surface area (Å²) in [5.41, 5.74) is 14.7. The van der Waals surface area contributed by atoms with E-state index in [-0.39, 0.29) is 11.1 Å². The molecule has 53 heavy (non-hydrogen) atoms. The average Bonchev–Trinajstić information content (AvgIpc) is 3.51. The van der Waals surface area contributed by atoms with Gasteiger partial charge in [-0.2, -0.15) is 5.26 Å². The van der Waals surface area contributed by atoms with Crippen LogP contribution in [-0.4, -0.2) is 16.2 Å². The zero-order valence-electron chi connectivity index (χ0n) is 28.3. The molecule has 0 saturated heterocycles. The van der Waals surface area contributed by atoms with E-state index >= 15 is 8.78 Å². The summed E-state index contributed by atoms with van der Waals surface area (Å²) in [6.45, 7) is 2.01. The van der Waals surface area contributed by atoms with Crippen molar-refractivity contribution in [3.63, 3.8) is 0 Å². The van der Waals surface area contributed by atoms with E-state index < -0.39 is 34.4 Å². The number of fused-ring (bicyclic) bond motifs is 5. The minimum atomic E-state index is -1.81. The summed E-state index contributed by atoms with van der Waals surface area (Å²) in [7, 11) is 0. The summed E-state index contributed by atoms with van der Waals surface area (Å²) >= 11 is 0. The Kier molecular flexibility index (Phi) is 8.26. The van der Waals surface area contributed by atoms with Gasteiger partial charge in [-0.25, -0.2) is 22.5 Å². The number of benzene rings is 4. The summed E-state index contributed by atoms with van der Waals surface area (Å²) in [6.07, 6.45) is 10.1. The first-order valence-corrected chi connectivity index (χ1v) is 16.9. The number of hydrogen-bond acceptors (Lipinski definition) is 5.